The van der Waals surface area contributed by atoms with Crippen molar-refractivity contribution in [1.82, 2.24) is 0 Å². The minimum absolute atomic E-state index is 0.214. The van der Waals surface area contributed by atoms with Crippen molar-refractivity contribution >= 4 is 23.7 Å². The minimum Gasteiger partial charge on any atom is -0.465 e. The summed E-state index contributed by atoms with van der Waals surface area (Å²) in [7, 11) is 1.34. The fourth-order valence-corrected chi connectivity index (χ4v) is 3.03. The van der Waals surface area contributed by atoms with Gasteiger partial charge in [-0.15, -0.1) is 11.8 Å². The Morgan fingerprint density at radius 3 is 2.26 bits per heavy atom. The Morgan fingerprint density at radius 1 is 1.00 bits per heavy atom. The van der Waals surface area contributed by atoms with Crippen LogP contribution in [-0.2, 0) is 16.1 Å². The predicted molar refractivity (Wildman–Crippen MR) is 89.9 cm³/mol. The lowest BCUT2D eigenvalue weighted by molar-refractivity contribution is 0.0466. The van der Waals surface area contributed by atoms with Crippen LogP contribution in [-0.4, -0.2) is 25.3 Å². The number of benzene rings is 2. The Balaban J connectivity index is 2.23. The number of carbonyl (C=O) groups is 2. The Bertz CT molecular complexity index is 710. The lowest BCUT2D eigenvalue weighted by Crippen LogP contribution is -2.11. The summed E-state index contributed by atoms with van der Waals surface area (Å²) < 4.78 is 10.1. The molecule has 0 saturated carbocycles. The minimum atomic E-state index is -0.415. The SMILES string of the molecule is COC(=O)c1ccc(C(=O)OCc2ccccc2)c(SC)c1C. The first-order valence-electron chi connectivity index (χ1n) is 7.05. The Labute approximate surface area is 139 Å². The van der Waals surface area contributed by atoms with Crippen molar-refractivity contribution in [2.45, 2.75) is 18.4 Å². The van der Waals surface area contributed by atoms with Crippen LogP contribution in [0.15, 0.2) is 47.4 Å². The summed E-state index contributed by atoms with van der Waals surface area (Å²) >= 11 is 1.41. The van der Waals surface area contributed by atoms with E-state index < -0.39 is 11.9 Å². The molecule has 4 nitrogen and oxygen atoms in total. The summed E-state index contributed by atoms with van der Waals surface area (Å²) in [6.45, 7) is 2.01. The highest BCUT2D eigenvalue weighted by atomic mass is 32.2. The molecule has 0 aliphatic carbocycles. The first-order chi connectivity index (χ1) is 11.1. The van der Waals surface area contributed by atoms with Crippen LogP contribution in [0.1, 0.15) is 31.8 Å². The number of rotatable bonds is 5. The van der Waals surface area contributed by atoms with Crippen LogP contribution in [0.4, 0.5) is 0 Å². The molecule has 2 rings (SSSR count). The first-order valence-corrected chi connectivity index (χ1v) is 8.28. The van der Waals surface area contributed by atoms with Gasteiger partial charge in [-0.25, -0.2) is 9.59 Å². The third-order valence-corrected chi connectivity index (χ3v) is 4.38. The molecule has 0 saturated heterocycles. The fraction of sp³-hybridized carbons (Fsp3) is 0.222. The van der Waals surface area contributed by atoms with Crippen molar-refractivity contribution in [3.05, 3.63) is 64.7 Å². The highest BCUT2D eigenvalue weighted by molar-refractivity contribution is 7.98. The average Bonchev–Trinajstić information content (AvgIpc) is 2.59. The van der Waals surface area contributed by atoms with E-state index in [1.54, 1.807) is 19.1 Å². The molecule has 0 atom stereocenters. The quantitative estimate of drug-likeness (QED) is 0.615. The molecule has 0 spiro atoms. The molecule has 0 fully saturated rings. The Kier molecular flexibility index (Phi) is 5.82. The van der Waals surface area contributed by atoms with E-state index in [1.165, 1.54) is 18.9 Å². The molecule has 0 aliphatic heterocycles. The van der Waals surface area contributed by atoms with Crippen molar-refractivity contribution in [3.63, 3.8) is 0 Å². The standard InChI is InChI=1S/C18H18O4S/c1-12-14(17(19)21-2)9-10-15(16(12)23-3)18(20)22-11-13-7-5-4-6-8-13/h4-10H,11H2,1-3H3. The summed E-state index contributed by atoms with van der Waals surface area (Å²) in [6, 6.07) is 12.7. The number of hydrogen-bond donors (Lipinski definition) is 0. The summed E-state index contributed by atoms with van der Waals surface area (Å²) in [5, 5.41) is 0. The zero-order chi connectivity index (χ0) is 16.8. The van der Waals surface area contributed by atoms with Crippen molar-refractivity contribution in [2.24, 2.45) is 0 Å². The lowest BCUT2D eigenvalue weighted by atomic mass is 10.0. The van der Waals surface area contributed by atoms with Gasteiger partial charge in [0.25, 0.3) is 0 Å². The van der Waals surface area contributed by atoms with Gasteiger partial charge in [-0.05, 0) is 36.4 Å². The molecule has 120 valence electrons. The van der Waals surface area contributed by atoms with Crippen LogP contribution >= 0.6 is 11.8 Å². The third-order valence-electron chi connectivity index (χ3n) is 3.45. The van der Waals surface area contributed by atoms with Gasteiger partial charge in [0.15, 0.2) is 0 Å². The van der Waals surface area contributed by atoms with Crippen LogP contribution in [0.25, 0.3) is 0 Å². The van der Waals surface area contributed by atoms with Gasteiger partial charge < -0.3 is 9.47 Å². The molecule has 0 radical (unpaired) electrons. The number of methoxy groups -OCH3 is 1. The molecule has 0 amide bonds. The largest absolute Gasteiger partial charge is 0.465 e. The van der Waals surface area contributed by atoms with Gasteiger partial charge in [-0.1, -0.05) is 30.3 Å². The van der Waals surface area contributed by atoms with Gasteiger partial charge in [0, 0.05) is 4.90 Å². The van der Waals surface area contributed by atoms with E-state index in [4.69, 9.17) is 9.47 Å². The molecule has 0 aliphatic rings. The second-order valence-electron chi connectivity index (χ2n) is 4.87. The second-order valence-corrected chi connectivity index (χ2v) is 5.69. The van der Waals surface area contributed by atoms with Crippen LogP contribution in [0.5, 0.6) is 0 Å². The maximum absolute atomic E-state index is 12.3. The van der Waals surface area contributed by atoms with Gasteiger partial charge in [0.2, 0.25) is 0 Å². The van der Waals surface area contributed by atoms with E-state index in [0.717, 1.165) is 16.0 Å². The Morgan fingerprint density at radius 2 is 1.65 bits per heavy atom. The lowest BCUT2D eigenvalue weighted by Gasteiger charge is -2.13. The number of hydrogen-bond acceptors (Lipinski definition) is 5. The van der Waals surface area contributed by atoms with Gasteiger partial charge in [0.05, 0.1) is 18.2 Å². The zero-order valence-electron chi connectivity index (χ0n) is 13.3. The molecule has 0 aromatic heterocycles. The molecule has 5 heteroatoms. The summed E-state index contributed by atoms with van der Waals surface area (Å²) in [5.41, 5.74) is 2.56. The molecular weight excluding hydrogens is 312 g/mol. The number of ether oxygens (including phenoxy) is 2. The molecular formula is C18H18O4S. The molecule has 2 aromatic rings. The smallest absolute Gasteiger partial charge is 0.339 e. The highest BCUT2D eigenvalue weighted by Crippen LogP contribution is 2.28. The van der Waals surface area contributed by atoms with Crippen molar-refractivity contribution in [3.8, 4) is 0 Å². The monoisotopic (exact) mass is 330 g/mol. The van der Waals surface area contributed by atoms with Crippen LogP contribution in [0, 0.1) is 6.92 Å². The van der Waals surface area contributed by atoms with Gasteiger partial charge >= 0.3 is 11.9 Å². The maximum atomic E-state index is 12.3. The summed E-state index contributed by atoms with van der Waals surface area (Å²) in [5.74, 6) is -0.820. The van der Waals surface area contributed by atoms with Crippen molar-refractivity contribution in [1.29, 1.82) is 0 Å². The normalized spacial score (nSPS) is 10.2. The van der Waals surface area contributed by atoms with Gasteiger partial charge in [0.1, 0.15) is 6.61 Å². The molecule has 0 N–H and O–H groups in total. The number of carbonyl (C=O) groups excluding carboxylic acids is 2. The van der Waals surface area contributed by atoms with Crippen LogP contribution in [0.3, 0.4) is 0 Å². The number of thioether (sulfide) groups is 1. The fourth-order valence-electron chi connectivity index (χ4n) is 2.25. The topological polar surface area (TPSA) is 52.6 Å². The summed E-state index contributed by atoms with van der Waals surface area (Å²) in [4.78, 5) is 24.8. The highest BCUT2D eigenvalue weighted by Gasteiger charge is 2.19. The van der Waals surface area contributed by atoms with Gasteiger partial charge in [-0.2, -0.15) is 0 Å². The molecule has 0 bridgehead atoms. The van der Waals surface area contributed by atoms with E-state index in [0.29, 0.717) is 11.1 Å². The zero-order valence-corrected chi connectivity index (χ0v) is 14.1. The van der Waals surface area contributed by atoms with Crippen molar-refractivity contribution in [2.75, 3.05) is 13.4 Å². The molecule has 23 heavy (non-hydrogen) atoms. The number of esters is 2. The van der Waals surface area contributed by atoms with Crippen LogP contribution < -0.4 is 0 Å². The average molecular weight is 330 g/mol. The maximum Gasteiger partial charge on any atom is 0.339 e. The van der Waals surface area contributed by atoms with Gasteiger partial charge in [-0.3, -0.25) is 0 Å². The van der Waals surface area contributed by atoms with E-state index in [1.807, 2.05) is 36.6 Å². The molecule has 0 unspecified atom stereocenters. The third kappa shape index (κ3) is 3.93. The van der Waals surface area contributed by atoms with E-state index in [9.17, 15) is 9.59 Å². The second kappa shape index (κ2) is 7.83. The predicted octanol–water partition coefficient (Wildman–Crippen LogP) is 3.86. The Hall–Kier alpha value is -2.27. The van der Waals surface area contributed by atoms with E-state index in [-0.39, 0.29) is 6.61 Å². The van der Waals surface area contributed by atoms with E-state index >= 15 is 0 Å². The summed E-state index contributed by atoms with van der Waals surface area (Å²) in [6.07, 6.45) is 1.86. The van der Waals surface area contributed by atoms with E-state index in [2.05, 4.69) is 0 Å². The van der Waals surface area contributed by atoms with Crippen molar-refractivity contribution < 1.29 is 19.1 Å². The first kappa shape index (κ1) is 17.1. The van der Waals surface area contributed by atoms with Crippen LogP contribution in [0.2, 0.25) is 0 Å². The molecule has 2 aromatic carbocycles. The molecule has 0 heterocycles.